The first-order valence-electron chi connectivity index (χ1n) is 8.76. The lowest BCUT2D eigenvalue weighted by atomic mass is 10.1. The minimum absolute atomic E-state index is 0. The van der Waals surface area contributed by atoms with Crippen LogP contribution in [0.15, 0.2) is 4.99 Å². The van der Waals surface area contributed by atoms with Crippen molar-refractivity contribution in [1.29, 1.82) is 0 Å². The molecule has 0 spiro atoms. The summed E-state index contributed by atoms with van der Waals surface area (Å²) in [5.74, 6) is 1.18. The number of ether oxygens (including phenoxy) is 2. The fourth-order valence-electron chi connectivity index (χ4n) is 2.51. The molecule has 1 heterocycles. The summed E-state index contributed by atoms with van der Waals surface area (Å²) in [6.07, 6.45) is -1.60. The third-order valence-corrected chi connectivity index (χ3v) is 3.82. The minimum atomic E-state index is -4.15. The molecule has 1 aliphatic heterocycles. The summed E-state index contributed by atoms with van der Waals surface area (Å²) < 4.78 is 47.5. The van der Waals surface area contributed by atoms with Gasteiger partial charge in [0.2, 0.25) is 0 Å². The van der Waals surface area contributed by atoms with Crippen LogP contribution in [0.2, 0.25) is 0 Å². The number of halogens is 4. The molecule has 0 saturated carbocycles. The Hall–Kier alpha value is -0.330. The maximum Gasteiger partial charge on any atom is 0.401 e. The average molecular weight is 496 g/mol. The van der Waals surface area contributed by atoms with Crippen LogP contribution >= 0.6 is 24.0 Å². The third-order valence-electron chi connectivity index (χ3n) is 3.82. The fourth-order valence-corrected chi connectivity index (χ4v) is 2.51. The molecule has 1 unspecified atom stereocenters. The normalized spacial score (nSPS) is 18.1. The van der Waals surface area contributed by atoms with Gasteiger partial charge in [-0.2, -0.15) is 13.2 Å². The zero-order valence-electron chi connectivity index (χ0n) is 15.6. The zero-order chi connectivity index (χ0) is 18.5. The van der Waals surface area contributed by atoms with Crippen molar-refractivity contribution in [3.8, 4) is 0 Å². The van der Waals surface area contributed by atoms with Crippen LogP contribution in [0, 0.1) is 5.92 Å². The van der Waals surface area contributed by atoms with Gasteiger partial charge in [0, 0.05) is 39.3 Å². The van der Waals surface area contributed by atoms with Gasteiger partial charge >= 0.3 is 6.18 Å². The highest BCUT2D eigenvalue weighted by Crippen LogP contribution is 2.15. The Kier molecular flexibility index (Phi) is 14.5. The van der Waals surface area contributed by atoms with E-state index in [1.165, 1.54) is 11.9 Å². The van der Waals surface area contributed by atoms with E-state index in [4.69, 9.17) is 9.47 Å². The molecule has 0 aromatic heterocycles. The predicted molar refractivity (Wildman–Crippen MR) is 107 cm³/mol. The molecule has 26 heavy (non-hydrogen) atoms. The van der Waals surface area contributed by atoms with Gasteiger partial charge < -0.3 is 20.1 Å². The van der Waals surface area contributed by atoms with Crippen molar-refractivity contribution in [3.63, 3.8) is 0 Å². The highest BCUT2D eigenvalue weighted by Gasteiger charge is 2.28. The van der Waals surface area contributed by atoms with Crippen LogP contribution in [0.25, 0.3) is 0 Å². The Morgan fingerprint density at radius 3 is 2.54 bits per heavy atom. The van der Waals surface area contributed by atoms with E-state index in [0.29, 0.717) is 38.0 Å². The van der Waals surface area contributed by atoms with Crippen molar-refractivity contribution in [2.45, 2.75) is 25.4 Å². The quantitative estimate of drug-likeness (QED) is 0.199. The van der Waals surface area contributed by atoms with E-state index in [2.05, 4.69) is 15.6 Å². The van der Waals surface area contributed by atoms with Crippen LogP contribution in [0.5, 0.6) is 0 Å². The highest BCUT2D eigenvalue weighted by molar-refractivity contribution is 14.0. The van der Waals surface area contributed by atoms with Crippen molar-refractivity contribution in [1.82, 2.24) is 15.5 Å². The molecule has 1 rings (SSSR count). The van der Waals surface area contributed by atoms with Crippen LogP contribution < -0.4 is 10.6 Å². The number of rotatable bonds is 11. The highest BCUT2D eigenvalue weighted by atomic mass is 127. The van der Waals surface area contributed by atoms with E-state index in [1.54, 1.807) is 7.05 Å². The summed E-state index contributed by atoms with van der Waals surface area (Å²) >= 11 is 0. The van der Waals surface area contributed by atoms with E-state index in [0.717, 1.165) is 39.2 Å². The second-order valence-corrected chi connectivity index (χ2v) is 6.29. The smallest absolute Gasteiger partial charge is 0.381 e. The van der Waals surface area contributed by atoms with Crippen LogP contribution in [0.3, 0.4) is 0 Å². The molecular formula is C16H32F3IN4O2. The third kappa shape index (κ3) is 13.8. The molecule has 0 amide bonds. The van der Waals surface area contributed by atoms with Gasteiger partial charge in [0.05, 0.1) is 19.8 Å². The van der Waals surface area contributed by atoms with Gasteiger partial charge in [0.25, 0.3) is 0 Å². The molecule has 0 bridgehead atoms. The Morgan fingerprint density at radius 2 is 1.96 bits per heavy atom. The van der Waals surface area contributed by atoms with Gasteiger partial charge in [-0.1, -0.05) is 0 Å². The van der Waals surface area contributed by atoms with Crippen molar-refractivity contribution in [3.05, 3.63) is 0 Å². The minimum Gasteiger partial charge on any atom is -0.381 e. The lowest BCUT2D eigenvalue weighted by Crippen LogP contribution is -2.39. The first kappa shape index (κ1) is 25.7. The SMILES string of the molecule is CN=C(NCCCOCC1CCOC1)NCCCN(C)CC(F)(F)F.I. The van der Waals surface area contributed by atoms with E-state index >= 15 is 0 Å². The molecule has 6 nitrogen and oxygen atoms in total. The van der Waals surface area contributed by atoms with Gasteiger partial charge in [-0.3, -0.25) is 9.89 Å². The van der Waals surface area contributed by atoms with E-state index in [9.17, 15) is 13.2 Å². The van der Waals surface area contributed by atoms with Crippen molar-refractivity contribution >= 4 is 29.9 Å². The molecule has 0 aromatic rings. The Bertz CT molecular complexity index is 381. The van der Waals surface area contributed by atoms with Crippen LogP contribution in [-0.2, 0) is 9.47 Å². The van der Waals surface area contributed by atoms with Gasteiger partial charge in [0.15, 0.2) is 5.96 Å². The summed E-state index contributed by atoms with van der Waals surface area (Å²) in [4.78, 5) is 5.36. The Labute approximate surface area is 171 Å². The van der Waals surface area contributed by atoms with Crippen molar-refractivity contribution in [2.75, 3.05) is 66.7 Å². The number of aliphatic imine (C=N–C) groups is 1. The molecular weight excluding hydrogens is 464 g/mol. The van der Waals surface area contributed by atoms with E-state index < -0.39 is 12.7 Å². The average Bonchev–Trinajstić information content (AvgIpc) is 3.04. The molecule has 1 saturated heterocycles. The number of hydrogen-bond donors (Lipinski definition) is 2. The second kappa shape index (κ2) is 14.7. The van der Waals surface area contributed by atoms with Gasteiger partial charge in [-0.15, -0.1) is 24.0 Å². The first-order chi connectivity index (χ1) is 11.9. The number of nitrogens with one attached hydrogen (secondary N) is 2. The molecule has 156 valence electrons. The molecule has 10 heteroatoms. The number of alkyl halides is 3. The van der Waals surface area contributed by atoms with Crippen LogP contribution in [0.4, 0.5) is 13.2 Å². The summed E-state index contributed by atoms with van der Waals surface area (Å²) in [5.41, 5.74) is 0. The number of nitrogens with zero attached hydrogens (tertiary/aromatic N) is 2. The van der Waals surface area contributed by atoms with Gasteiger partial charge in [0.1, 0.15) is 0 Å². The first-order valence-corrected chi connectivity index (χ1v) is 8.76. The van der Waals surface area contributed by atoms with Crippen LogP contribution in [-0.4, -0.2) is 83.7 Å². The summed E-state index contributed by atoms with van der Waals surface area (Å²) in [5, 5.41) is 6.26. The Balaban J connectivity index is 0.00000625. The topological polar surface area (TPSA) is 58.1 Å². The molecule has 1 atom stereocenters. The standard InChI is InChI=1S/C16H31F3N4O2.HI/c1-20-15(21-6-3-8-23(2)13-16(17,18)19)22-7-4-9-24-11-14-5-10-25-12-14;/h14H,3-13H2,1-2H3,(H2,20,21,22);1H. The summed E-state index contributed by atoms with van der Waals surface area (Å²) in [7, 11) is 3.14. The molecule has 0 aromatic carbocycles. The molecule has 0 radical (unpaired) electrons. The molecule has 1 fully saturated rings. The largest absolute Gasteiger partial charge is 0.401 e. The second-order valence-electron chi connectivity index (χ2n) is 6.29. The molecule has 2 N–H and O–H groups in total. The molecule has 1 aliphatic rings. The summed E-state index contributed by atoms with van der Waals surface area (Å²) in [6.45, 7) is 3.86. The van der Waals surface area contributed by atoms with Gasteiger partial charge in [-0.25, -0.2) is 0 Å². The lowest BCUT2D eigenvalue weighted by Gasteiger charge is -2.19. The fraction of sp³-hybridized carbons (Fsp3) is 0.938. The van der Waals surface area contributed by atoms with E-state index in [-0.39, 0.29) is 24.0 Å². The predicted octanol–water partition coefficient (Wildman–Crippen LogP) is 2.10. The summed E-state index contributed by atoms with van der Waals surface area (Å²) in [6, 6.07) is 0. The lowest BCUT2D eigenvalue weighted by molar-refractivity contribution is -0.143. The monoisotopic (exact) mass is 496 g/mol. The number of guanidine groups is 1. The maximum atomic E-state index is 12.2. The van der Waals surface area contributed by atoms with E-state index in [1.807, 2.05) is 0 Å². The van der Waals surface area contributed by atoms with Crippen LogP contribution in [0.1, 0.15) is 19.3 Å². The number of hydrogen-bond acceptors (Lipinski definition) is 4. The van der Waals surface area contributed by atoms with Crippen molar-refractivity contribution in [2.24, 2.45) is 10.9 Å². The Morgan fingerprint density at radius 1 is 1.27 bits per heavy atom. The van der Waals surface area contributed by atoms with Crippen molar-refractivity contribution < 1.29 is 22.6 Å². The molecule has 0 aliphatic carbocycles. The maximum absolute atomic E-state index is 12.2. The zero-order valence-corrected chi connectivity index (χ0v) is 17.9. The van der Waals surface area contributed by atoms with Gasteiger partial charge in [-0.05, 0) is 32.9 Å².